The smallest absolute Gasteiger partial charge is 0.262 e. The molecule has 2 aromatic heterocycles. The van der Waals surface area contributed by atoms with E-state index in [2.05, 4.69) is 10.2 Å². The van der Waals surface area contributed by atoms with Gasteiger partial charge in [0, 0.05) is 18.3 Å². The number of pyridine rings is 1. The molecule has 3 rings (SSSR count). The summed E-state index contributed by atoms with van der Waals surface area (Å²) in [5, 5.41) is 6.96. The van der Waals surface area contributed by atoms with Crippen LogP contribution in [0.25, 0.3) is 11.4 Å². The zero-order valence-electron chi connectivity index (χ0n) is 11.0. The Hall–Kier alpha value is -1.69. The average molecular weight is 276 g/mol. The molecule has 0 amide bonds. The van der Waals surface area contributed by atoms with Crippen LogP contribution >= 0.6 is 12.2 Å². The van der Waals surface area contributed by atoms with Crippen LogP contribution in [-0.2, 0) is 6.54 Å². The van der Waals surface area contributed by atoms with E-state index in [1.807, 2.05) is 35.1 Å². The Morgan fingerprint density at radius 1 is 1.47 bits per heavy atom. The Labute approximate surface area is 115 Å². The van der Waals surface area contributed by atoms with Gasteiger partial charge >= 0.3 is 0 Å². The van der Waals surface area contributed by atoms with Crippen LogP contribution in [0.15, 0.2) is 16.9 Å². The van der Waals surface area contributed by atoms with Crippen LogP contribution in [0.4, 0.5) is 0 Å². The molecular weight excluding hydrogens is 260 g/mol. The molecule has 0 saturated heterocycles. The summed E-state index contributed by atoms with van der Waals surface area (Å²) in [5.41, 5.74) is 1.66. The molecule has 0 spiro atoms. The van der Waals surface area contributed by atoms with Crippen LogP contribution in [0.3, 0.4) is 0 Å². The summed E-state index contributed by atoms with van der Waals surface area (Å²) < 4.78 is 4.28. The van der Waals surface area contributed by atoms with Crippen LogP contribution in [-0.4, -0.2) is 19.3 Å². The molecule has 19 heavy (non-hydrogen) atoms. The molecule has 0 radical (unpaired) electrons. The van der Waals surface area contributed by atoms with Gasteiger partial charge in [-0.3, -0.25) is 9.89 Å². The fourth-order valence-electron chi connectivity index (χ4n) is 2.42. The summed E-state index contributed by atoms with van der Waals surface area (Å²) in [6.45, 7) is 4.66. The summed E-state index contributed by atoms with van der Waals surface area (Å²) in [6, 6.07) is 4.19. The van der Waals surface area contributed by atoms with Crippen molar-refractivity contribution >= 4 is 12.2 Å². The fraction of sp³-hybridized carbons (Fsp3) is 0.462. The highest BCUT2D eigenvalue weighted by Crippen LogP contribution is 2.34. The summed E-state index contributed by atoms with van der Waals surface area (Å²) in [5.74, 6) is 0.631. The largest absolute Gasteiger partial charge is 0.309 e. The maximum atomic E-state index is 12.6. The SMILES string of the molecule is CCn1c(-c2ccc(C)n(C3CC3)c2=O)n[nH]c1=S. The summed E-state index contributed by atoms with van der Waals surface area (Å²) in [4.78, 5) is 12.6. The maximum absolute atomic E-state index is 12.6. The Morgan fingerprint density at radius 2 is 2.21 bits per heavy atom. The van der Waals surface area contributed by atoms with Crippen molar-refractivity contribution in [1.29, 1.82) is 0 Å². The van der Waals surface area contributed by atoms with Crippen molar-refractivity contribution in [1.82, 2.24) is 19.3 Å². The molecule has 1 saturated carbocycles. The fourth-order valence-corrected chi connectivity index (χ4v) is 2.68. The van der Waals surface area contributed by atoms with E-state index in [0.29, 0.717) is 28.7 Å². The second-order valence-electron chi connectivity index (χ2n) is 4.89. The number of nitrogens with zero attached hydrogens (tertiary/aromatic N) is 3. The molecule has 0 bridgehead atoms. The van der Waals surface area contributed by atoms with Gasteiger partial charge < -0.3 is 9.13 Å². The molecule has 0 atom stereocenters. The number of rotatable bonds is 3. The Bertz CT molecular complexity index is 736. The first kappa shape index (κ1) is 12.3. The Kier molecular flexibility index (Phi) is 2.89. The lowest BCUT2D eigenvalue weighted by Gasteiger charge is -2.11. The lowest BCUT2D eigenvalue weighted by Crippen LogP contribution is -2.23. The minimum Gasteiger partial charge on any atom is -0.309 e. The predicted molar refractivity (Wildman–Crippen MR) is 75.8 cm³/mol. The third-order valence-corrected chi connectivity index (χ3v) is 3.86. The van der Waals surface area contributed by atoms with Gasteiger partial charge in [0.15, 0.2) is 10.6 Å². The predicted octanol–water partition coefficient (Wildman–Crippen LogP) is 2.43. The minimum absolute atomic E-state index is 0.0335. The van der Waals surface area contributed by atoms with Gasteiger partial charge in [-0.25, -0.2) is 0 Å². The van der Waals surface area contributed by atoms with Gasteiger partial charge in [-0.2, -0.15) is 5.10 Å². The number of nitrogens with one attached hydrogen (secondary N) is 1. The minimum atomic E-state index is 0.0335. The number of aryl methyl sites for hydroxylation is 1. The number of hydrogen-bond donors (Lipinski definition) is 1. The average Bonchev–Trinajstić information content (AvgIpc) is 3.13. The molecule has 0 aromatic carbocycles. The standard InChI is InChI=1S/C13H16N4OS/c1-3-16-11(14-15-13(16)19)10-7-4-8(2)17(12(10)18)9-5-6-9/h4,7,9H,3,5-6H2,1-2H3,(H,15,19). The molecule has 2 heterocycles. The first-order valence-electron chi connectivity index (χ1n) is 6.51. The first-order chi connectivity index (χ1) is 9.13. The van der Waals surface area contributed by atoms with Crippen LogP contribution in [0, 0.1) is 11.7 Å². The van der Waals surface area contributed by atoms with Crippen LogP contribution in [0.2, 0.25) is 0 Å². The van der Waals surface area contributed by atoms with Crippen LogP contribution < -0.4 is 5.56 Å². The van der Waals surface area contributed by atoms with Crippen molar-refractivity contribution in [2.24, 2.45) is 0 Å². The van der Waals surface area contributed by atoms with Crippen molar-refractivity contribution in [3.05, 3.63) is 33.0 Å². The van der Waals surface area contributed by atoms with Crippen molar-refractivity contribution in [2.45, 2.75) is 39.3 Å². The summed E-state index contributed by atoms with van der Waals surface area (Å²) >= 11 is 5.17. The summed E-state index contributed by atoms with van der Waals surface area (Å²) in [6.07, 6.45) is 2.18. The molecule has 1 aliphatic rings. The monoisotopic (exact) mass is 276 g/mol. The van der Waals surface area contributed by atoms with E-state index in [4.69, 9.17) is 12.2 Å². The van der Waals surface area contributed by atoms with Gasteiger partial charge in [0.1, 0.15) is 0 Å². The van der Waals surface area contributed by atoms with E-state index in [9.17, 15) is 4.79 Å². The molecule has 0 aliphatic heterocycles. The molecule has 5 nitrogen and oxygen atoms in total. The van der Waals surface area contributed by atoms with E-state index < -0.39 is 0 Å². The van der Waals surface area contributed by atoms with Gasteiger partial charge in [-0.05, 0) is 51.0 Å². The maximum Gasteiger partial charge on any atom is 0.262 e. The molecule has 6 heteroatoms. The van der Waals surface area contributed by atoms with Crippen molar-refractivity contribution in [3.8, 4) is 11.4 Å². The van der Waals surface area contributed by atoms with Gasteiger partial charge in [0.05, 0.1) is 5.56 Å². The van der Waals surface area contributed by atoms with E-state index in [-0.39, 0.29) is 5.56 Å². The number of aromatic nitrogens is 4. The number of aromatic amines is 1. The number of hydrogen-bond acceptors (Lipinski definition) is 3. The van der Waals surface area contributed by atoms with Crippen LogP contribution in [0.5, 0.6) is 0 Å². The second kappa shape index (κ2) is 4.45. The normalized spacial score (nSPS) is 14.8. The van der Waals surface area contributed by atoms with Gasteiger partial charge in [0.2, 0.25) is 0 Å². The third kappa shape index (κ3) is 1.96. The van der Waals surface area contributed by atoms with Gasteiger partial charge in [-0.1, -0.05) is 0 Å². The Morgan fingerprint density at radius 3 is 2.84 bits per heavy atom. The second-order valence-corrected chi connectivity index (χ2v) is 5.28. The van der Waals surface area contributed by atoms with Crippen molar-refractivity contribution < 1.29 is 0 Å². The zero-order valence-corrected chi connectivity index (χ0v) is 11.8. The third-order valence-electron chi connectivity index (χ3n) is 3.55. The highest BCUT2D eigenvalue weighted by molar-refractivity contribution is 7.71. The molecule has 100 valence electrons. The van der Waals surface area contributed by atoms with Crippen molar-refractivity contribution in [2.75, 3.05) is 0 Å². The number of H-pyrrole nitrogens is 1. The molecular formula is C13H16N4OS. The van der Waals surface area contributed by atoms with E-state index >= 15 is 0 Å². The van der Waals surface area contributed by atoms with E-state index in [1.165, 1.54) is 0 Å². The lowest BCUT2D eigenvalue weighted by molar-refractivity contribution is 0.680. The highest BCUT2D eigenvalue weighted by atomic mass is 32.1. The Balaban J connectivity index is 2.23. The molecule has 1 fully saturated rings. The molecule has 1 aliphatic carbocycles. The van der Waals surface area contributed by atoms with Crippen LogP contribution in [0.1, 0.15) is 31.5 Å². The van der Waals surface area contributed by atoms with E-state index in [0.717, 1.165) is 18.5 Å². The molecule has 2 aromatic rings. The topological polar surface area (TPSA) is 55.6 Å². The quantitative estimate of drug-likeness (QED) is 0.876. The van der Waals surface area contributed by atoms with Crippen molar-refractivity contribution in [3.63, 3.8) is 0 Å². The first-order valence-corrected chi connectivity index (χ1v) is 6.92. The van der Waals surface area contributed by atoms with Gasteiger partial charge in [-0.15, -0.1) is 0 Å². The lowest BCUT2D eigenvalue weighted by atomic mass is 10.2. The summed E-state index contributed by atoms with van der Waals surface area (Å²) in [7, 11) is 0. The van der Waals surface area contributed by atoms with Gasteiger partial charge in [0.25, 0.3) is 5.56 Å². The molecule has 1 N–H and O–H groups in total. The zero-order chi connectivity index (χ0) is 13.6. The van der Waals surface area contributed by atoms with E-state index in [1.54, 1.807) is 0 Å². The highest BCUT2D eigenvalue weighted by Gasteiger charge is 2.27. The molecule has 0 unspecified atom stereocenters.